The topological polar surface area (TPSA) is 52.0 Å². The van der Waals surface area contributed by atoms with E-state index in [1.165, 1.54) is 10.4 Å². The Morgan fingerprint density at radius 1 is 1.64 bits per heavy atom. The van der Waals surface area contributed by atoms with E-state index in [0.717, 1.165) is 0 Å². The zero-order chi connectivity index (χ0) is 7.56. The molecule has 4 heteroatoms. The van der Waals surface area contributed by atoms with E-state index in [9.17, 15) is 0 Å². The highest BCUT2D eigenvalue weighted by atomic mass is 35.5. The van der Waals surface area contributed by atoms with Gasteiger partial charge in [-0.2, -0.15) is 0 Å². The Hall–Kier alpha value is -0.0900. The minimum atomic E-state index is 0. The molecule has 1 aromatic rings. The summed E-state index contributed by atoms with van der Waals surface area (Å²) in [5.74, 6) is 0. The molecule has 1 aromatic heterocycles. The first kappa shape index (κ1) is 10.9. The van der Waals surface area contributed by atoms with E-state index < -0.39 is 0 Å². The van der Waals surface area contributed by atoms with Crippen LogP contribution in [-0.2, 0) is 0 Å². The van der Waals surface area contributed by atoms with Crippen molar-refractivity contribution in [1.82, 2.24) is 0 Å². The van der Waals surface area contributed by atoms with Gasteiger partial charge >= 0.3 is 0 Å². The molecule has 2 nitrogen and oxygen atoms in total. The number of hydrogen-bond acceptors (Lipinski definition) is 3. The van der Waals surface area contributed by atoms with Gasteiger partial charge in [0.15, 0.2) is 0 Å². The molecular formula is C7H13ClN2S. The predicted molar refractivity (Wildman–Crippen MR) is 52.3 cm³/mol. The summed E-state index contributed by atoms with van der Waals surface area (Å²) in [6, 6.07) is 2.09. The second-order valence-corrected chi connectivity index (χ2v) is 3.26. The van der Waals surface area contributed by atoms with Crippen molar-refractivity contribution in [2.45, 2.75) is 13.0 Å². The van der Waals surface area contributed by atoms with Crippen LogP contribution in [0.2, 0.25) is 0 Å². The standard InChI is InChI=1S/C7H12N2S.ClH/c1-5-2-3-10-7(5)6(9)4-8;/h2-3,6H,4,8-9H2,1H3;1H/t6-;/m1./s1. The maximum absolute atomic E-state index is 5.72. The fraction of sp³-hybridized carbons (Fsp3) is 0.429. The van der Waals surface area contributed by atoms with Gasteiger partial charge in [0, 0.05) is 11.4 Å². The van der Waals surface area contributed by atoms with Gasteiger partial charge in [0.05, 0.1) is 6.04 Å². The third-order valence-electron chi connectivity index (χ3n) is 1.49. The van der Waals surface area contributed by atoms with Crippen LogP contribution in [0.5, 0.6) is 0 Å². The lowest BCUT2D eigenvalue weighted by atomic mass is 10.2. The summed E-state index contributed by atoms with van der Waals surface area (Å²) in [7, 11) is 0. The Morgan fingerprint density at radius 3 is 2.64 bits per heavy atom. The van der Waals surface area contributed by atoms with Crippen LogP contribution in [0, 0.1) is 6.92 Å². The number of thiophene rings is 1. The van der Waals surface area contributed by atoms with E-state index in [1.54, 1.807) is 11.3 Å². The van der Waals surface area contributed by atoms with Crippen LogP contribution in [0.3, 0.4) is 0 Å². The second-order valence-electron chi connectivity index (χ2n) is 2.31. The van der Waals surface area contributed by atoms with Gasteiger partial charge in [0.1, 0.15) is 0 Å². The zero-order valence-corrected chi connectivity index (χ0v) is 8.04. The number of nitrogens with two attached hydrogens (primary N) is 2. The first-order chi connectivity index (χ1) is 4.75. The first-order valence-electron chi connectivity index (χ1n) is 3.25. The van der Waals surface area contributed by atoms with E-state index in [-0.39, 0.29) is 18.4 Å². The summed E-state index contributed by atoms with van der Waals surface area (Å²) in [4.78, 5) is 1.21. The Labute approximate surface area is 77.0 Å². The van der Waals surface area contributed by atoms with E-state index in [1.807, 2.05) is 5.38 Å². The molecule has 1 heterocycles. The van der Waals surface area contributed by atoms with Gasteiger partial charge in [-0.3, -0.25) is 0 Å². The average Bonchev–Trinajstić information content (AvgIpc) is 2.34. The molecule has 1 rings (SSSR count). The van der Waals surface area contributed by atoms with Gasteiger partial charge in [0.2, 0.25) is 0 Å². The van der Waals surface area contributed by atoms with Crippen molar-refractivity contribution in [2.24, 2.45) is 11.5 Å². The van der Waals surface area contributed by atoms with Crippen LogP contribution in [0.4, 0.5) is 0 Å². The van der Waals surface area contributed by atoms with E-state index >= 15 is 0 Å². The molecular weight excluding hydrogens is 180 g/mol. The van der Waals surface area contributed by atoms with Crippen molar-refractivity contribution in [3.63, 3.8) is 0 Å². The molecule has 0 saturated heterocycles. The molecule has 0 aliphatic carbocycles. The fourth-order valence-electron chi connectivity index (χ4n) is 0.871. The Bertz CT molecular complexity index is 212. The van der Waals surface area contributed by atoms with Crippen LogP contribution >= 0.6 is 23.7 Å². The molecule has 0 aliphatic heterocycles. The highest BCUT2D eigenvalue weighted by Gasteiger charge is 2.06. The van der Waals surface area contributed by atoms with Gasteiger partial charge < -0.3 is 11.5 Å². The third-order valence-corrected chi connectivity index (χ3v) is 2.64. The minimum Gasteiger partial charge on any atom is -0.329 e. The molecule has 1 atom stereocenters. The van der Waals surface area contributed by atoms with Crippen LogP contribution in [0.25, 0.3) is 0 Å². The molecule has 64 valence electrons. The molecule has 0 fully saturated rings. The largest absolute Gasteiger partial charge is 0.329 e. The number of hydrogen-bond donors (Lipinski definition) is 2. The van der Waals surface area contributed by atoms with Gasteiger partial charge in [-0.1, -0.05) is 0 Å². The van der Waals surface area contributed by atoms with E-state index in [0.29, 0.717) is 6.54 Å². The molecule has 0 unspecified atom stereocenters. The lowest BCUT2D eigenvalue weighted by Gasteiger charge is -2.06. The summed E-state index contributed by atoms with van der Waals surface area (Å²) < 4.78 is 0. The quantitative estimate of drug-likeness (QED) is 0.745. The lowest BCUT2D eigenvalue weighted by Crippen LogP contribution is -2.20. The van der Waals surface area contributed by atoms with Crippen molar-refractivity contribution in [2.75, 3.05) is 6.54 Å². The fourth-order valence-corrected chi connectivity index (χ4v) is 1.82. The molecule has 0 spiro atoms. The Kier molecular flexibility index (Phi) is 4.68. The SMILES string of the molecule is Cc1ccsc1[C@H](N)CN.Cl. The summed E-state index contributed by atoms with van der Waals surface area (Å²) in [5.41, 5.74) is 12.4. The molecule has 0 saturated carbocycles. The second kappa shape index (κ2) is 4.72. The normalized spacial score (nSPS) is 12.3. The van der Waals surface area contributed by atoms with Crippen LogP contribution in [-0.4, -0.2) is 6.54 Å². The highest BCUT2D eigenvalue weighted by molar-refractivity contribution is 7.10. The highest BCUT2D eigenvalue weighted by Crippen LogP contribution is 2.20. The molecule has 0 bridgehead atoms. The first-order valence-corrected chi connectivity index (χ1v) is 4.13. The smallest absolute Gasteiger partial charge is 0.0516 e. The molecule has 11 heavy (non-hydrogen) atoms. The number of aryl methyl sites for hydroxylation is 1. The maximum Gasteiger partial charge on any atom is 0.0516 e. The maximum atomic E-state index is 5.72. The van der Waals surface area contributed by atoms with E-state index in [2.05, 4.69) is 13.0 Å². The molecule has 0 amide bonds. The summed E-state index contributed by atoms with van der Waals surface area (Å²) >= 11 is 1.68. The lowest BCUT2D eigenvalue weighted by molar-refractivity contribution is 0.747. The zero-order valence-electron chi connectivity index (χ0n) is 6.41. The van der Waals surface area contributed by atoms with Crippen molar-refractivity contribution < 1.29 is 0 Å². The monoisotopic (exact) mass is 192 g/mol. The number of halogens is 1. The van der Waals surface area contributed by atoms with Crippen molar-refractivity contribution in [1.29, 1.82) is 0 Å². The van der Waals surface area contributed by atoms with E-state index in [4.69, 9.17) is 11.5 Å². The van der Waals surface area contributed by atoms with Gasteiger partial charge in [-0.25, -0.2) is 0 Å². The Balaban J connectivity index is 0.000001000. The average molecular weight is 193 g/mol. The molecule has 0 aromatic carbocycles. The van der Waals surface area contributed by atoms with Crippen LogP contribution < -0.4 is 11.5 Å². The van der Waals surface area contributed by atoms with Gasteiger partial charge in [-0.15, -0.1) is 23.7 Å². The molecule has 0 aliphatic rings. The van der Waals surface area contributed by atoms with Crippen LogP contribution in [0.1, 0.15) is 16.5 Å². The minimum absolute atomic E-state index is 0. The predicted octanol–water partition coefficient (Wildman–Crippen LogP) is 1.44. The molecule has 4 N–H and O–H groups in total. The Morgan fingerprint density at radius 2 is 2.27 bits per heavy atom. The number of rotatable bonds is 2. The van der Waals surface area contributed by atoms with Gasteiger partial charge in [0.25, 0.3) is 0 Å². The third kappa shape index (κ3) is 2.45. The molecule has 0 radical (unpaired) electrons. The van der Waals surface area contributed by atoms with Gasteiger partial charge in [-0.05, 0) is 23.9 Å². The van der Waals surface area contributed by atoms with Crippen molar-refractivity contribution in [3.8, 4) is 0 Å². The van der Waals surface area contributed by atoms with Crippen LogP contribution in [0.15, 0.2) is 11.4 Å². The van der Waals surface area contributed by atoms with Crippen molar-refractivity contribution in [3.05, 3.63) is 21.9 Å². The van der Waals surface area contributed by atoms with Crippen molar-refractivity contribution >= 4 is 23.7 Å². The summed E-state index contributed by atoms with van der Waals surface area (Å²) in [6.45, 7) is 2.59. The summed E-state index contributed by atoms with van der Waals surface area (Å²) in [5, 5.41) is 2.04. The summed E-state index contributed by atoms with van der Waals surface area (Å²) in [6.07, 6.45) is 0.